The number of aliphatic hydroxyl groups excluding tert-OH is 2. The van der Waals surface area contributed by atoms with Crippen molar-refractivity contribution in [3.63, 3.8) is 0 Å². The number of rotatable bonds is 13. The zero-order valence-electron chi connectivity index (χ0n) is 15.4. The van der Waals surface area contributed by atoms with Crippen LogP contribution in [0.15, 0.2) is 12.2 Å². The fourth-order valence-electron chi connectivity index (χ4n) is 3.54. The van der Waals surface area contributed by atoms with Crippen LogP contribution in [0.4, 0.5) is 0 Å². The average Bonchev–Trinajstić information content (AvgIpc) is 2.82. The molecule has 1 aliphatic carbocycles. The summed E-state index contributed by atoms with van der Waals surface area (Å²) in [5.41, 5.74) is 0. The molecule has 1 rings (SSSR count). The number of aliphatic hydroxyl groups is 2. The summed E-state index contributed by atoms with van der Waals surface area (Å²) in [6.07, 6.45) is 10.7. The van der Waals surface area contributed by atoms with Gasteiger partial charge in [0.1, 0.15) is 5.78 Å². The lowest BCUT2D eigenvalue weighted by Gasteiger charge is -2.18. The fraction of sp³-hybridized carbons (Fsp3) is 0.800. The van der Waals surface area contributed by atoms with E-state index >= 15 is 0 Å². The van der Waals surface area contributed by atoms with Gasteiger partial charge in [-0.1, -0.05) is 57.6 Å². The van der Waals surface area contributed by atoms with Crippen LogP contribution < -0.4 is 0 Å². The van der Waals surface area contributed by atoms with Crippen molar-refractivity contribution in [2.24, 2.45) is 11.8 Å². The highest BCUT2D eigenvalue weighted by Gasteiger charge is 2.39. The maximum atomic E-state index is 12.1. The maximum Gasteiger partial charge on any atom is 0.303 e. The molecule has 1 aliphatic rings. The molecule has 4 atom stereocenters. The summed E-state index contributed by atoms with van der Waals surface area (Å²) in [5.74, 6) is -1.04. The van der Waals surface area contributed by atoms with E-state index in [9.17, 15) is 19.8 Å². The Morgan fingerprint density at radius 3 is 2.60 bits per heavy atom. The van der Waals surface area contributed by atoms with Crippen LogP contribution in [-0.2, 0) is 9.59 Å². The van der Waals surface area contributed by atoms with Crippen LogP contribution in [0.2, 0.25) is 0 Å². The Morgan fingerprint density at radius 1 is 1.20 bits per heavy atom. The van der Waals surface area contributed by atoms with Crippen molar-refractivity contribution in [1.82, 2.24) is 0 Å². The van der Waals surface area contributed by atoms with E-state index in [1.807, 2.05) is 6.08 Å². The van der Waals surface area contributed by atoms with Crippen LogP contribution >= 0.6 is 0 Å². The number of hydrogen-bond donors (Lipinski definition) is 3. The predicted molar refractivity (Wildman–Crippen MR) is 97.2 cm³/mol. The zero-order chi connectivity index (χ0) is 18.7. The highest BCUT2D eigenvalue weighted by molar-refractivity contribution is 5.84. The van der Waals surface area contributed by atoms with Crippen LogP contribution in [0, 0.1) is 11.8 Å². The van der Waals surface area contributed by atoms with Crippen molar-refractivity contribution in [2.45, 2.75) is 89.8 Å². The number of hydrogen-bond acceptors (Lipinski definition) is 4. The molecule has 0 radical (unpaired) electrons. The molecule has 1 saturated carbocycles. The molecule has 5 heteroatoms. The number of carbonyl (C=O) groups excluding carboxylic acids is 1. The standard InChI is InChI=1S/C20H34O5/c1-2-3-6-9-15(21)12-13-17-16(18(22)14-19(17)23)10-7-4-5-8-11-20(24)25/h12-13,15-17,19,21,23H,2-11,14H2,1H3,(H,24,25)/b13-12+/t15-,16+,17-,19-/m0/s1. The molecule has 0 amide bonds. The van der Waals surface area contributed by atoms with Crippen molar-refractivity contribution in [3.05, 3.63) is 12.2 Å². The number of carboxylic acid groups (broad SMARTS) is 1. The molecular weight excluding hydrogens is 320 g/mol. The number of Topliss-reactive ketones (excluding diaryl/α,β-unsaturated/α-hetero) is 1. The van der Waals surface area contributed by atoms with Gasteiger partial charge in [0.05, 0.1) is 12.2 Å². The molecule has 0 aromatic carbocycles. The third-order valence-corrected chi connectivity index (χ3v) is 5.05. The molecule has 3 N–H and O–H groups in total. The van der Waals surface area contributed by atoms with Gasteiger partial charge in [0.2, 0.25) is 0 Å². The van der Waals surface area contributed by atoms with Gasteiger partial charge in [-0.15, -0.1) is 0 Å². The third kappa shape index (κ3) is 8.63. The topological polar surface area (TPSA) is 94.8 Å². The molecule has 0 heterocycles. The van der Waals surface area contributed by atoms with E-state index in [0.717, 1.165) is 51.4 Å². The summed E-state index contributed by atoms with van der Waals surface area (Å²) in [4.78, 5) is 22.6. The van der Waals surface area contributed by atoms with Crippen LogP contribution in [0.5, 0.6) is 0 Å². The Hall–Kier alpha value is -1.20. The lowest BCUT2D eigenvalue weighted by atomic mass is 9.88. The molecule has 0 unspecified atom stereocenters. The van der Waals surface area contributed by atoms with E-state index in [2.05, 4.69) is 6.92 Å². The first-order chi connectivity index (χ1) is 12.0. The van der Waals surface area contributed by atoms with Crippen molar-refractivity contribution in [2.75, 3.05) is 0 Å². The van der Waals surface area contributed by atoms with Gasteiger partial charge in [0.15, 0.2) is 0 Å². The molecule has 0 bridgehead atoms. The summed E-state index contributed by atoms with van der Waals surface area (Å²) in [6.45, 7) is 2.12. The Morgan fingerprint density at radius 2 is 1.92 bits per heavy atom. The van der Waals surface area contributed by atoms with Crippen molar-refractivity contribution < 1.29 is 24.9 Å². The second kappa shape index (κ2) is 12.2. The van der Waals surface area contributed by atoms with Gasteiger partial charge in [-0.05, 0) is 19.3 Å². The van der Waals surface area contributed by atoms with E-state index < -0.39 is 18.2 Å². The molecule has 144 valence electrons. The van der Waals surface area contributed by atoms with Crippen LogP contribution in [0.25, 0.3) is 0 Å². The van der Waals surface area contributed by atoms with Crippen molar-refractivity contribution in [1.29, 1.82) is 0 Å². The lowest BCUT2D eigenvalue weighted by Crippen LogP contribution is -2.19. The molecule has 1 fully saturated rings. The molecule has 0 spiro atoms. The highest BCUT2D eigenvalue weighted by atomic mass is 16.4. The Balaban J connectivity index is 2.39. The minimum absolute atomic E-state index is 0.105. The van der Waals surface area contributed by atoms with E-state index in [1.165, 1.54) is 0 Å². The Labute approximate surface area is 151 Å². The van der Waals surface area contributed by atoms with Gasteiger partial charge < -0.3 is 15.3 Å². The Kier molecular flexibility index (Phi) is 10.7. The minimum atomic E-state index is -0.767. The van der Waals surface area contributed by atoms with Gasteiger partial charge in [-0.3, -0.25) is 9.59 Å². The van der Waals surface area contributed by atoms with Gasteiger partial charge >= 0.3 is 5.97 Å². The summed E-state index contributed by atoms with van der Waals surface area (Å²) in [6, 6.07) is 0. The van der Waals surface area contributed by atoms with Crippen molar-refractivity contribution in [3.8, 4) is 0 Å². The van der Waals surface area contributed by atoms with E-state index in [4.69, 9.17) is 5.11 Å². The van der Waals surface area contributed by atoms with Gasteiger partial charge in [-0.2, -0.15) is 0 Å². The summed E-state index contributed by atoms with van der Waals surface area (Å²) in [7, 11) is 0. The molecule has 25 heavy (non-hydrogen) atoms. The molecule has 0 aromatic rings. The molecule has 5 nitrogen and oxygen atoms in total. The summed E-state index contributed by atoms with van der Waals surface area (Å²) >= 11 is 0. The highest BCUT2D eigenvalue weighted by Crippen LogP contribution is 2.34. The largest absolute Gasteiger partial charge is 0.481 e. The second-order valence-corrected chi connectivity index (χ2v) is 7.22. The van der Waals surface area contributed by atoms with Gasteiger partial charge in [0, 0.05) is 24.7 Å². The van der Waals surface area contributed by atoms with Crippen LogP contribution in [-0.4, -0.2) is 39.3 Å². The van der Waals surface area contributed by atoms with Gasteiger partial charge in [-0.25, -0.2) is 0 Å². The average molecular weight is 354 g/mol. The number of unbranched alkanes of at least 4 members (excludes halogenated alkanes) is 5. The number of carbonyl (C=O) groups is 2. The molecule has 0 saturated heterocycles. The zero-order valence-corrected chi connectivity index (χ0v) is 15.4. The first kappa shape index (κ1) is 21.8. The molecule has 0 aliphatic heterocycles. The molecule has 0 aromatic heterocycles. The lowest BCUT2D eigenvalue weighted by molar-refractivity contribution is -0.137. The minimum Gasteiger partial charge on any atom is -0.481 e. The predicted octanol–water partition coefficient (Wildman–Crippen LogP) is 3.48. The van der Waals surface area contributed by atoms with Crippen molar-refractivity contribution >= 4 is 11.8 Å². The van der Waals surface area contributed by atoms with Gasteiger partial charge in [0.25, 0.3) is 0 Å². The SMILES string of the molecule is CCCCC[C@H](O)/C=C/[C@@H]1[C@@H](O)CC(=O)[C@@H]1CCCCCCC(=O)O. The number of aliphatic carboxylic acids is 1. The van der Waals surface area contributed by atoms with Crippen LogP contribution in [0.3, 0.4) is 0 Å². The summed E-state index contributed by atoms with van der Waals surface area (Å²) in [5, 5.41) is 28.7. The second-order valence-electron chi connectivity index (χ2n) is 7.22. The number of carboxylic acids is 1. The number of ketones is 1. The van der Waals surface area contributed by atoms with Crippen LogP contribution in [0.1, 0.15) is 77.6 Å². The third-order valence-electron chi connectivity index (χ3n) is 5.05. The van der Waals surface area contributed by atoms with E-state index in [-0.39, 0.29) is 30.5 Å². The smallest absolute Gasteiger partial charge is 0.303 e. The maximum absolute atomic E-state index is 12.1. The normalized spacial score (nSPS) is 24.9. The first-order valence-corrected chi connectivity index (χ1v) is 9.74. The first-order valence-electron chi connectivity index (χ1n) is 9.74. The van der Waals surface area contributed by atoms with E-state index in [1.54, 1.807) is 6.08 Å². The quantitative estimate of drug-likeness (QED) is 0.348. The Bertz CT molecular complexity index is 432. The monoisotopic (exact) mass is 354 g/mol. The fourth-order valence-corrected chi connectivity index (χ4v) is 3.54. The van der Waals surface area contributed by atoms with E-state index in [0.29, 0.717) is 6.42 Å². The molecular formula is C20H34O5. The summed E-state index contributed by atoms with van der Waals surface area (Å²) < 4.78 is 0.